The van der Waals surface area contributed by atoms with Crippen LogP contribution in [-0.2, 0) is 4.79 Å². The first kappa shape index (κ1) is 14.3. The molecule has 0 spiro atoms. The van der Waals surface area contributed by atoms with Crippen molar-refractivity contribution in [3.63, 3.8) is 0 Å². The summed E-state index contributed by atoms with van der Waals surface area (Å²) in [5, 5.41) is 8.84. The summed E-state index contributed by atoms with van der Waals surface area (Å²) in [4.78, 5) is 10.8. The predicted octanol–water partition coefficient (Wildman–Crippen LogP) is 4.55. The average Bonchev–Trinajstić information content (AvgIpc) is 2.41. The third-order valence-electron chi connectivity index (χ3n) is 3.66. The zero-order chi connectivity index (χ0) is 14.7. The molecule has 2 aromatic rings. The molecule has 1 unspecified atom stereocenters. The van der Waals surface area contributed by atoms with Gasteiger partial charge >= 0.3 is 5.97 Å². The van der Waals surface area contributed by atoms with E-state index in [1.165, 1.54) is 22.3 Å². The van der Waals surface area contributed by atoms with Gasteiger partial charge in [-0.3, -0.25) is 4.79 Å². The molecule has 2 heteroatoms. The van der Waals surface area contributed by atoms with E-state index < -0.39 is 5.97 Å². The maximum Gasteiger partial charge on any atom is 0.303 e. The predicted molar refractivity (Wildman–Crippen MR) is 82.0 cm³/mol. The number of carboxylic acids is 1. The fourth-order valence-electron chi connectivity index (χ4n) is 2.42. The van der Waals surface area contributed by atoms with Gasteiger partial charge in [-0.25, -0.2) is 0 Å². The number of hydrogen-bond acceptors (Lipinski definition) is 1. The molecule has 0 heterocycles. The third kappa shape index (κ3) is 3.27. The van der Waals surface area contributed by atoms with E-state index >= 15 is 0 Å². The number of hydrogen-bond donors (Lipinski definition) is 1. The third-order valence-corrected chi connectivity index (χ3v) is 3.66. The Kier molecular flexibility index (Phi) is 4.23. The SMILES string of the molecule is Cc1ccc(C)c(-c2ccc(C(C)CC(=O)O)cc2)c1. The van der Waals surface area contributed by atoms with Crippen molar-refractivity contribution in [3.05, 3.63) is 59.2 Å². The summed E-state index contributed by atoms with van der Waals surface area (Å²) < 4.78 is 0. The molecule has 2 rings (SSSR count). The number of carboxylic acid groups (broad SMARTS) is 1. The van der Waals surface area contributed by atoms with Crippen LogP contribution in [0.25, 0.3) is 11.1 Å². The monoisotopic (exact) mass is 268 g/mol. The van der Waals surface area contributed by atoms with Gasteiger partial charge in [0.25, 0.3) is 0 Å². The van der Waals surface area contributed by atoms with E-state index in [0.29, 0.717) is 0 Å². The number of rotatable bonds is 4. The molecule has 0 aromatic heterocycles. The van der Waals surface area contributed by atoms with Crippen molar-refractivity contribution in [3.8, 4) is 11.1 Å². The summed E-state index contributed by atoms with van der Waals surface area (Å²) in [7, 11) is 0. The van der Waals surface area contributed by atoms with E-state index in [-0.39, 0.29) is 12.3 Å². The van der Waals surface area contributed by atoms with Crippen molar-refractivity contribution in [1.82, 2.24) is 0 Å². The van der Waals surface area contributed by atoms with Crippen LogP contribution < -0.4 is 0 Å². The highest BCUT2D eigenvalue weighted by Gasteiger charge is 2.10. The molecule has 0 aliphatic heterocycles. The molecule has 104 valence electrons. The minimum absolute atomic E-state index is 0.0418. The van der Waals surface area contributed by atoms with Crippen LogP contribution in [0.4, 0.5) is 0 Å². The molecule has 1 N–H and O–H groups in total. The summed E-state index contributed by atoms with van der Waals surface area (Å²) in [6, 6.07) is 14.7. The van der Waals surface area contributed by atoms with E-state index in [1.54, 1.807) is 0 Å². The Morgan fingerprint density at radius 1 is 1.10 bits per heavy atom. The van der Waals surface area contributed by atoms with Gasteiger partial charge in [0.1, 0.15) is 0 Å². The highest BCUT2D eigenvalue weighted by molar-refractivity contribution is 5.69. The van der Waals surface area contributed by atoms with E-state index in [2.05, 4.69) is 44.2 Å². The summed E-state index contributed by atoms with van der Waals surface area (Å²) in [5.74, 6) is -0.712. The second kappa shape index (κ2) is 5.91. The Morgan fingerprint density at radius 3 is 2.35 bits per heavy atom. The Labute approximate surface area is 120 Å². The molecule has 0 amide bonds. The van der Waals surface area contributed by atoms with Crippen molar-refractivity contribution in [2.75, 3.05) is 0 Å². The van der Waals surface area contributed by atoms with Crippen LogP contribution in [0, 0.1) is 13.8 Å². The van der Waals surface area contributed by atoms with E-state index in [1.807, 2.05) is 19.1 Å². The van der Waals surface area contributed by atoms with Crippen molar-refractivity contribution >= 4 is 5.97 Å². The fourth-order valence-corrected chi connectivity index (χ4v) is 2.42. The second-order valence-corrected chi connectivity index (χ2v) is 5.44. The standard InChI is InChI=1S/C18H20O2/c1-12-4-5-13(2)17(10-12)16-8-6-15(7-9-16)14(3)11-18(19)20/h4-10,14H,11H2,1-3H3,(H,19,20). The minimum atomic E-state index is -0.754. The molecule has 0 saturated heterocycles. The summed E-state index contributed by atoms with van der Waals surface area (Å²) in [6.07, 6.45) is 0.169. The molecule has 0 fully saturated rings. The zero-order valence-electron chi connectivity index (χ0n) is 12.2. The second-order valence-electron chi connectivity index (χ2n) is 5.44. The number of benzene rings is 2. The lowest BCUT2D eigenvalue weighted by Gasteiger charge is -2.12. The van der Waals surface area contributed by atoms with Crippen LogP contribution >= 0.6 is 0 Å². The van der Waals surface area contributed by atoms with Crippen LogP contribution in [0.2, 0.25) is 0 Å². The lowest BCUT2D eigenvalue weighted by atomic mass is 9.93. The summed E-state index contributed by atoms with van der Waals surface area (Å²) in [6.45, 7) is 6.14. The largest absolute Gasteiger partial charge is 0.481 e. The molecular formula is C18H20O2. The first-order valence-electron chi connectivity index (χ1n) is 6.86. The van der Waals surface area contributed by atoms with Crippen LogP contribution in [0.5, 0.6) is 0 Å². The molecule has 1 atom stereocenters. The van der Waals surface area contributed by atoms with Crippen LogP contribution in [0.3, 0.4) is 0 Å². The van der Waals surface area contributed by atoms with E-state index in [4.69, 9.17) is 5.11 Å². The van der Waals surface area contributed by atoms with Crippen molar-refractivity contribution in [2.45, 2.75) is 33.1 Å². The molecule has 0 saturated carbocycles. The molecule has 0 bridgehead atoms. The van der Waals surface area contributed by atoms with E-state index in [0.717, 1.165) is 5.56 Å². The fraction of sp³-hybridized carbons (Fsp3) is 0.278. The Hall–Kier alpha value is -2.09. The van der Waals surface area contributed by atoms with Gasteiger partial charge in [0, 0.05) is 0 Å². The minimum Gasteiger partial charge on any atom is -0.481 e. The maximum atomic E-state index is 10.8. The Balaban J connectivity index is 2.28. The quantitative estimate of drug-likeness (QED) is 0.883. The molecular weight excluding hydrogens is 248 g/mol. The van der Waals surface area contributed by atoms with Gasteiger partial charge in [0.05, 0.1) is 6.42 Å². The average molecular weight is 268 g/mol. The van der Waals surface area contributed by atoms with Crippen molar-refractivity contribution in [2.24, 2.45) is 0 Å². The van der Waals surface area contributed by atoms with Gasteiger partial charge in [-0.05, 0) is 42.0 Å². The van der Waals surface area contributed by atoms with Crippen molar-refractivity contribution < 1.29 is 9.90 Å². The molecule has 0 aliphatic carbocycles. The Morgan fingerprint density at radius 2 is 1.75 bits per heavy atom. The van der Waals surface area contributed by atoms with Crippen LogP contribution in [-0.4, -0.2) is 11.1 Å². The van der Waals surface area contributed by atoms with Gasteiger partial charge < -0.3 is 5.11 Å². The lowest BCUT2D eigenvalue weighted by molar-refractivity contribution is -0.137. The summed E-state index contributed by atoms with van der Waals surface area (Å²) in [5.41, 5.74) is 5.98. The van der Waals surface area contributed by atoms with Gasteiger partial charge in [0.2, 0.25) is 0 Å². The number of aryl methyl sites for hydroxylation is 2. The smallest absolute Gasteiger partial charge is 0.303 e. The zero-order valence-corrected chi connectivity index (χ0v) is 12.2. The first-order valence-corrected chi connectivity index (χ1v) is 6.86. The first-order chi connectivity index (χ1) is 9.47. The van der Waals surface area contributed by atoms with Gasteiger partial charge in [0.15, 0.2) is 0 Å². The van der Waals surface area contributed by atoms with Gasteiger partial charge in [-0.1, -0.05) is 55.0 Å². The molecule has 20 heavy (non-hydrogen) atoms. The molecule has 2 nitrogen and oxygen atoms in total. The summed E-state index contributed by atoms with van der Waals surface area (Å²) >= 11 is 0. The van der Waals surface area contributed by atoms with Gasteiger partial charge in [-0.15, -0.1) is 0 Å². The Bertz CT molecular complexity index is 612. The topological polar surface area (TPSA) is 37.3 Å². The maximum absolute atomic E-state index is 10.8. The highest BCUT2D eigenvalue weighted by Crippen LogP contribution is 2.27. The normalized spacial score (nSPS) is 12.2. The van der Waals surface area contributed by atoms with Crippen LogP contribution in [0.15, 0.2) is 42.5 Å². The number of carbonyl (C=O) groups is 1. The highest BCUT2D eigenvalue weighted by atomic mass is 16.4. The van der Waals surface area contributed by atoms with Gasteiger partial charge in [-0.2, -0.15) is 0 Å². The lowest BCUT2D eigenvalue weighted by Crippen LogP contribution is -2.02. The number of aliphatic carboxylic acids is 1. The van der Waals surface area contributed by atoms with E-state index in [9.17, 15) is 4.79 Å². The molecule has 0 radical (unpaired) electrons. The van der Waals surface area contributed by atoms with Crippen molar-refractivity contribution in [1.29, 1.82) is 0 Å². The molecule has 0 aliphatic rings. The molecule has 2 aromatic carbocycles. The van der Waals surface area contributed by atoms with Crippen LogP contribution in [0.1, 0.15) is 36.0 Å².